The maximum atomic E-state index is 12.8. The predicted octanol–water partition coefficient (Wildman–Crippen LogP) is 2.33. The first kappa shape index (κ1) is 16.4. The lowest BCUT2D eigenvalue weighted by Crippen LogP contribution is -2.36. The minimum absolute atomic E-state index is 0.122. The second-order valence-corrected chi connectivity index (χ2v) is 7.05. The smallest absolute Gasteiger partial charge is 0.226 e. The van der Waals surface area contributed by atoms with E-state index in [0.717, 1.165) is 63.7 Å². The molecular weight excluding hydrogens is 316 g/mol. The van der Waals surface area contributed by atoms with E-state index in [4.69, 9.17) is 4.42 Å². The molecule has 2 atom stereocenters. The molecule has 3 heterocycles. The molecule has 0 spiro atoms. The van der Waals surface area contributed by atoms with Crippen LogP contribution in [0, 0.1) is 5.92 Å². The fourth-order valence-corrected chi connectivity index (χ4v) is 3.85. The van der Waals surface area contributed by atoms with Gasteiger partial charge in [0.1, 0.15) is 11.6 Å². The van der Waals surface area contributed by atoms with Crippen molar-refractivity contribution in [3.63, 3.8) is 0 Å². The van der Waals surface area contributed by atoms with Crippen LogP contribution in [0.2, 0.25) is 0 Å². The zero-order valence-electron chi connectivity index (χ0n) is 14.8. The van der Waals surface area contributed by atoms with Crippen molar-refractivity contribution in [3.05, 3.63) is 42.4 Å². The van der Waals surface area contributed by atoms with Crippen LogP contribution in [0.5, 0.6) is 0 Å². The van der Waals surface area contributed by atoms with Gasteiger partial charge in [-0.05, 0) is 31.9 Å². The van der Waals surface area contributed by atoms with E-state index in [9.17, 15) is 4.79 Å². The number of carbonyl (C=O) groups is 1. The number of carbonyl (C=O) groups excluding carboxylic acids is 1. The van der Waals surface area contributed by atoms with Gasteiger partial charge in [-0.2, -0.15) is 0 Å². The number of hydrogen-bond donors (Lipinski definition) is 0. The van der Waals surface area contributed by atoms with E-state index in [1.165, 1.54) is 0 Å². The molecule has 6 nitrogen and oxygen atoms in total. The Hall–Kier alpha value is -2.08. The summed E-state index contributed by atoms with van der Waals surface area (Å²) in [7, 11) is 0. The van der Waals surface area contributed by atoms with Gasteiger partial charge in [-0.15, -0.1) is 0 Å². The lowest BCUT2D eigenvalue weighted by atomic mass is 10.2. The minimum Gasteiger partial charge on any atom is -0.469 e. The van der Waals surface area contributed by atoms with Gasteiger partial charge in [0, 0.05) is 57.0 Å². The molecule has 134 valence electrons. The fourth-order valence-electron chi connectivity index (χ4n) is 3.85. The van der Waals surface area contributed by atoms with E-state index >= 15 is 0 Å². The topological polar surface area (TPSA) is 54.5 Å². The first-order valence-electron chi connectivity index (χ1n) is 9.31. The van der Waals surface area contributed by atoms with Gasteiger partial charge in [-0.3, -0.25) is 9.69 Å². The van der Waals surface area contributed by atoms with E-state index in [-0.39, 0.29) is 5.92 Å². The quantitative estimate of drug-likeness (QED) is 0.837. The standard InChI is InChI=1S/C19H26N4O2/c1-2-22-9-6-20-18(22)14-21-7-4-8-23(11-10-21)19(24)16-13-15(16)17-5-3-12-25-17/h3,5-6,9,12,15-16H,2,4,7-8,10-11,13-14H2,1H3/t15-,16+/m0/s1. The maximum Gasteiger partial charge on any atom is 0.226 e. The molecule has 1 saturated heterocycles. The summed E-state index contributed by atoms with van der Waals surface area (Å²) in [5, 5.41) is 0. The molecule has 4 rings (SSSR count). The Morgan fingerprint density at radius 3 is 3.04 bits per heavy atom. The minimum atomic E-state index is 0.122. The maximum absolute atomic E-state index is 12.8. The number of furan rings is 1. The van der Waals surface area contributed by atoms with Gasteiger partial charge in [-0.1, -0.05) is 0 Å². The van der Waals surface area contributed by atoms with Crippen LogP contribution in [-0.2, 0) is 17.9 Å². The average molecular weight is 342 g/mol. The molecule has 1 aliphatic carbocycles. The highest BCUT2D eigenvalue weighted by Gasteiger charge is 2.47. The number of hydrogen-bond acceptors (Lipinski definition) is 4. The van der Waals surface area contributed by atoms with Gasteiger partial charge < -0.3 is 13.9 Å². The van der Waals surface area contributed by atoms with Gasteiger partial charge in [0.05, 0.1) is 12.8 Å². The van der Waals surface area contributed by atoms with Crippen LogP contribution in [-0.4, -0.2) is 51.4 Å². The molecule has 0 N–H and O–H groups in total. The third-order valence-corrected chi connectivity index (χ3v) is 5.42. The Kier molecular flexibility index (Phi) is 4.61. The van der Waals surface area contributed by atoms with Crippen LogP contribution in [0.15, 0.2) is 35.2 Å². The van der Waals surface area contributed by atoms with Crippen molar-refractivity contribution in [2.75, 3.05) is 26.2 Å². The number of aryl methyl sites for hydroxylation is 1. The van der Waals surface area contributed by atoms with E-state index < -0.39 is 0 Å². The molecule has 2 aromatic heterocycles. The molecule has 1 aliphatic heterocycles. The second kappa shape index (κ2) is 7.04. The van der Waals surface area contributed by atoms with Crippen molar-refractivity contribution in [1.82, 2.24) is 19.4 Å². The Morgan fingerprint density at radius 2 is 2.24 bits per heavy atom. The van der Waals surface area contributed by atoms with E-state index in [1.54, 1.807) is 6.26 Å². The number of rotatable bonds is 5. The van der Waals surface area contributed by atoms with Gasteiger partial charge in [-0.25, -0.2) is 4.98 Å². The third kappa shape index (κ3) is 3.49. The predicted molar refractivity (Wildman–Crippen MR) is 93.9 cm³/mol. The Labute approximate surface area is 148 Å². The Morgan fingerprint density at radius 1 is 1.32 bits per heavy atom. The van der Waals surface area contributed by atoms with Crippen molar-refractivity contribution in [2.24, 2.45) is 5.92 Å². The van der Waals surface area contributed by atoms with Crippen molar-refractivity contribution < 1.29 is 9.21 Å². The monoisotopic (exact) mass is 342 g/mol. The van der Waals surface area contributed by atoms with Crippen molar-refractivity contribution in [3.8, 4) is 0 Å². The largest absolute Gasteiger partial charge is 0.469 e. The molecule has 0 aromatic carbocycles. The summed E-state index contributed by atoms with van der Waals surface area (Å²) in [5.74, 6) is 2.79. The first-order chi connectivity index (χ1) is 12.3. The highest BCUT2D eigenvalue weighted by molar-refractivity contribution is 5.82. The second-order valence-electron chi connectivity index (χ2n) is 7.05. The zero-order chi connectivity index (χ0) is 17.2. The summed E-state index contributed by atoms with van der Waals surface area (Å²) in [6.45, 7) is 7.56. The SMILES string of the molecule is CCn1ccnc1CN1CCCN(C(=O)[C@@H]2C[C@@H]2c2ccco2)CC1. The van der Waals surface area contributed by atoms with Crippen molar-refractivity contribution in [2.45, 2.75) is 38.8 Å². The van der Waals surface area contributed by atoms with E-state index in [1.807, 2.05) is 24.5 Å². The van der Waals surface area contributed by atoms with Crippen LogP contribution in [0.25, 0.3) is 0 Å². The number of nitrogens with zero attached hydrogens (tertiary/aromatic N) is 4. The number of amides is 1. The van der Waals surface area contributed by atoms with Crippen LogP contribution in [0.1, 0.15) is 37.3 Å². The number of aromatic nitrogens is 2. The summed E-state index contributed by atoms with van der Waals surface area (Å²) in [4.78, 5) is 21.7. The number of imidazole rings is 1. The molecule has 2 fully saturated rings. The third-order valence-electron chi connectivity index (χ3n) is 5.42. The van der Waals surface area contributed by atoms with Crippen LogP contribution >= 0.6 is 0 Å². The molecule has 0 bridgehead atoms. The lowest BCUT2D eigenvalue weighted by Gasteiger charge is -2.22. The molecule has 2 aromatic rings. The molecule has 0 unspecified atom stereocenters. The molecule has 1 saturated carbocycles. The van der Waals surface area contributed by atoms with E-state index in [0.29, 0.717) is 11.8 Å². The highest BCUT2D eigenvalue weighted by atomic mass is 16.3. The summed E-state index contributed by atoms with van der Waals surface area (Å²) >= 11 is 0. The zero-order valence-corrected chi connectivity index (χ0v) is 14.8. The van der Waals surface area contributed by atoms with Crippen LogP contribution in [0.3, 0.4) is 0 Å². The fraction of sp³-hybridized carbons (Fsp3) is 0.579. The van der Waals surface area contributed by atoms with E-state index in [2.05, 4.69) is 26.3 Å². The van der Waals surface area contributed by atoms with Gasteiger partial charge in [0.15, 0.2) is 0 Å². The van der Waals surface area contributed by atoms with Gasteiger partial charge in [0.2, 0.25) is 5.91 Å². The summed E-state index contributed by atoms with van der Waals surface area (Å²) in [6.07, 6.45) is 7.55. The normalized spacial score (nSPS) is 24.3. The summed E-state index contributed by atoms with van der Waals surface area (Å²) in [5.41, 5.74) is 0. The molecule has 2 aliphatic rings. The summed E-state index contributed by atoms with van der Waals surface area (Å²) < 4.78 is 7.65. The van der Waals surface area contributed by atoms with Crippen LogP contribution in [0.4, 0.5) is 0 Å². The Bertz CT molecular complexity index is 709. The Balaban J connectivity index is 1.32. The van der Waals surface area contributed by atoms with Crippen molar-refractivity contribution >= 4 is 5.91 Å². The lowest BCUT2D eigenvalue weighted by molar-refractivity contribution is -0.132. The highest BCUT2D eigenvalue weighted by Crippen LogP contribution is 2.48. The molecular formula is C19H26N4O2. The average Bonchev–Trinajstić information content (AvgIpc) is 3.09. The molecule has 6 heteroatoms. The summed E-state index contributed by atoms with van der Waals surface area (Å²) in [6, 6.07) is 3.89. The molecule has 0 radical (unpaired) electrons. The van der Waals surface area contributed by atoms with Gasteiger partial charge >= 0.3 is 0 Å². The van der Waals surface area contributed by atoms with Crippen LogP contribution < -0.4 is 0 Å². The van der Waals surface area contributed by atoms with Crippen molar-refractivity contribution in [1.29, 1.82) is 0 Å². The molecule has 25 heavy (non-hydrogen) atoms. The van der Waals surface area contributed by atoms with Gasteiger partial charge in [0.25, 0.3) is 0 Å². The molecule has 1 amide bonds. The first-order valence-corrected chi connectivity index (χ1v) is 9.31.